The average Bonchev–Trinajstić information content (AvgIpc) is 3.74. The lowest BCUT2D eigenvalue weighted by molar-refractivity contribution is -0.717. The summed E-state index contributed by atoms with van der Waals surface area (Å²) >= 11 is 1.93. The predicted molar refractivity (Wildman–Crippen MR) is 244 cm³/mol. The van der Waals surface area contributed by atoms with Gasteiger partial charge in [-0.2, -0.15) is 4.57 Å². The largest absolute Gasteiger partial charge is 0.318 e. The zero-order valence-electron chi connectivity index (χ0n) is 34.4. The third-order valence-electron chi connectivity index (χ3n) is 13.1. The lowest BCUT2D eigenvalue weighted by atomic mass is 9.77. The van der Waals surface area contributed by atoms with Crippen molar-refractivity contribution < 1.29 is 4.57 Å². The summed E-state index contributed by atoms with van der Waals surface area (Å²) in [5.41, 5.74) is 14.5. The molecule has 4 nitrogen and oxygen atoms in total. The van der Waals surface area contributed by atoms with Gasteiger partial charge in [0.05, 0.1) is 37.8 Å². The fourth-order valence-electron chi connectivity index (χ4n) is 10.2. The Kier molecular flexibility index (Phi) is 8.62. The number of thiophene rings is 1. The van der Waals surface area contributed by atoms with Crippen LogP contribution in [0.1, 0.15) is 98.3 Å². The topological polar surface area (TPSA) is 23.3 Å². The fourth-order valence-corrected chi connectivity index (χ4v) is 12.5. The number of nitrogens with zero attached hydrogens (tertiary/aromatic N) is 4. The van der Waals surface area contributed by atoms with Crippen LogP contribution in [0, 0.1) is 0 Å². The second-order valence-corrected chi connectivity index (χ2v) is 24.4. The minimum absolute atomic E-state index is 0.127. The van der Waals surface area contributed by atoms with Crippen LogP contribution in [0.3, 0.4) is 0 Å². The molecule has 0 saturated heterocycles. The number of allylic oxidation sites excluding steroid dienone is 1. The molecule has 4 aromatic carbocycles. The van der Waals surface area contributed by atoms with Crippen LogP contribution < -0.4 is 19.6 Å². The van der Waals surface area contributed by atoms with Gasteiger partial charge in [0.1, 0.15) is 6.17 Å². The Balaban J connectivity index is 1.27. The van der Waals surface area contributed by atoms with Crippen molar-refractivity contribution in [1.82, 2.24) is 4.98 Å². The van der Waals surface area contributed by atoms with Gasteiger partial charge in [0.25, 0.3) is 0 Å². The number of hydrogen-bond acceptors (Lipinski definition) is 4. The van der Waals surface area contributed by atoms with Crippen LogP contribution in [0.5, 0.6) is 0 Å². The van der Waals surface area contributed by atoms with Gasteiger partial charge in [-0.1, -0.05) is 115 Å². The van der Waals surface area contributed by atoms with Gasteiger partial charge in [-0.3, -0.25) is 4.98 Å². The van der Waals surface area contributed by atoms with Crippen molar-refractivity contribution in [3.63, 3.8) is 0 Å². The molecule has 0 fully saturated rings. The molecular formula is C51H53N4SSi+. The molecule has 7 aromatic rings. The lowest BCUT2D eigenvalue weighted by Gasteiger charge is -2.40. The molecule has 0 saturated carbocycles. The number of para-hydroxylation sites is 1. The quantitative estimate of drug-likeness (QED) is 0.131. The van der Waals surface area contributed by atoms with Gasteiger partial charge in [-0.15, -0.1) is 11.3 Å². The Bertz CT molecular complexity index is 2710. The second kappa shape index (κ2) is 13.5. The van der Waals surface area contributed by atoms with Crippen LogP contribution in [0.4, 0.5) is 17.1 Å². The van der Waals surface area contributed by atoms with E-state index in [1.807, 2.05) is 17.5 Å². The van der Waals surface area contributed by atoms with Crippen molar-refractivity contribution in [3.8, 4) is 11.3 Å². The van der Waals surface area contributed by atoms with Gasteiger partial charge in [-0.05, 0) is 82.8 Å². The van der Waals surface area contributed by atoms with E-state index in [1.54, 1.807) is 0 Å². The molecule has 0 amide bonds. The Hall–Kier alpha value is -5.04. The molecule has 286 valence electrons. The van der Waals surface area contributed by atoms with Gasteiger partial charge >= 0.3 is 0 Å². The van der Waals surface area contributed by atoms with Crippen molar-refractivity contribution in [2.75, 3.05) is 9.80 Å². The molecule has 0 N–H and O–H groups in total. The highest BCUT2D eigenvalue weighted by Crippen LogP contribution is 2.57. The molecule has 10 rings (SSSR count). The molecule has 6 heterocycles. The van der Waals surface area contributed by atoms with Crippen LogP contribution in [-0.2, 0) is 6.42 Å². The highest BCUT2D eigenvalue weighted by molar-refractivity contribution is 7.25. The molecule has 0 spiro atoms. The first-order valence-corrected chi connectivity index (χ1v) is 25.2. The number of anilines is 3. The first-order chi connectivity index (χ1) is 27.5. The normalized spacial score (nSPS) is 19.0. The van der Waals surface area contributed by atoms with Crippen LogP contribution in [0.25, 0.3) is 31.4 Å². The van der Waals surface area contributed by atoms with Crippen LogP contribution in [-0.4, -0.2) is 13.1 Å². The molecular weight excluding hydrogens is 729 g/mol. The van der Waals surface area contributed by atoms with Gasteiger partial charge in [0.15, 0.2) is 12.2 Å². The maximum atomic E-state index is 5.12. The zero-order chi connectivity index (χ0) is 39.3. The molecule has 57 heavy (non-hydrogen) atoms. The van der Waals surface area contributed by atoms with E-state index in [9.17, 15) is 0 Å². The highest BCUT2D eigenvalue weighted by atomic mass is 32.1. The number of aryl methyl sites for hydroxylation is 1. The number of hydrogen-bond donors (Lipinski definition) is 0. The Morgan fingerprint density at radius 3 is 2.30 bits per heavy atom. The maximum absolute atomic E-state index is 5.12. The number of aromatic nitrogens is 2. The average molecular weight is 782 g/mol. The number of pyridine rings is 2. The van der Waals surface area contributed by atoms with Crippen molar-refractivity contribution in [2.24, 2.45) is 0 Å². The summed E-state index contributed by atoms with van der Waals surface area (Å²) in [7, 11) is -1.60. The monoisotopic (exact) mass is 781 g/mol. The lowest BCUT2D eigenvalue weighted by Crippen LogP contribution is -2.53. The van der Waals surface area contributed by atoms with Gasteiger partial charge in [0, 0.05) is 54.8 Å². The third-order valence-corrected chi connectivity index (χ3v) is 16.3. The van der Waals surface area contributed by atoms with E-state index in [0.29, 0.717) is 17.8 Å². The van der Waals surface area contributed by atoms with E-state index >= 15 is 0 Å². The predicted octanol–water partition coefficient (Wildman–Crippen LogP) is 13.0. The van der Waals surface area contributed by atoms with E-state index in [1.165, 1.54) is 75.8 Å². The van der Waals surface area contributed by atoms with E-state index in [0.717, 1.165) is 30.6 Å². The Labute approximate surface area is 343 Å². The Morgan fingerprint density at radius 1 is 0.772 bits per heavy atom. The van der Waals surface area contributed by atoms with Crippen molar-refractivity contribution in [2.45, 2.75) is 96.6 Å². The second-order valence-electron chi connectivity index (χ2n) is 18.2. The molecule has 0 aliphatic carbocycles. The first-order valence-electron chi connectivity index (χ1n) is 20.9. The van der Waals surface area contributed by atoms with E-state index in [4.69, 9.17) is 11.6 Å². The molecule has 3 aliphatic rings. The smallest absolute Gasteiger partial charge is 0.213 e. The van der Waals surface area contributed by atoms with Gasteiger partial charge in [-0.25, -0.2) is 0 Å². The first kappa shape index (κ1) is 36.3. The molecule has 0 radical (unpaired) electrons. The molecule has 3 aliphatic heterocycles. The summed E-state index contributed by atoms with van der Waals surface area (Å²) in [6, 6.07) is 37.6. The number of benzene rings is 4. The Morgan fingerprint density at radius 2 is 1.53 bits per heavy atom. The highest BCUT2D eigenvalue weighted by Gasteiger charge is 2.47. The molecule has 3 aromatic heterocycles. The minimum atomic E-state index is -1.60. The zero-order valence-corrected chi connectivity index (χ0v) is 36.2. The van der Waals surface area contributed by atoms with Crippen molar-refractivity contribution in [3.05, 3.63) is 156 Å². The molecule has 3 atom stereocenters. The van der Waals surface area contributed by atoms with Crippen molar-refractivity contribution in [1.29, 1.82) is 0 Å². The number of rotatable bonds is 4. The summed E-state index contributed by atoms with van der Waals surface area (Å²) in [5.74, 6) is 1.02. The summed E-state index contributed by atoms with van der Waals surface area (Å²) in [5, 5.41) is 4.18. The SMILES string of the molecule is C=C1CC2C(CCc3cc4sc5ccccc5c4cc3C3N1c1ccncc1N3c1c(C(C)C)cccc1C(C)C)c1ccccc1-c1ccc([Si](C)(C)C)c[n+]12. The van der Waals surface area contributed by atoms with Gasteiger partial charge < -0.3 is 9.80 Å². The summed E-state index contributed by atoms with van der Waals surface area (Å²) in [6.45, 7) is 21.9. The standard InChI is InChI=1S/C51H53N4SSi/c1-31(2)36-17-13-18-37(32(3)4)50(36)55-47-29-52-25-24-45(47)54-33(5)26-46-40(38-14-9-10-15-39(38)44-23-21-35(30-53(44)46)57(6,7)8)22-20-34-27-49-43(28-42(34)51(54)55)41-16-11-12-19-48(41)56-49/h9-19,21,23-25,27-32,40,46,51H,5,20,22,26H2,1-4,6-8H3/q+1. The van der Waals surface area contributed by atoms with E-state index in [2.05, 4.69) is 171 Å². The van der Waals surface area contributed by atoms with Crippen LogP contribution in [0.15, 0.2) is 128 Å². The summed E-state index contributed by atoms with van der Waals surface area (Å²) in [6.07, 6.45) is 9.38. The van der Waals surface area contributed by atoms with Crippen molar-refractivity contribution >= 4 is 61.8 Å². The summed E-state index contributed by atoms with van der Waals surface area (Å²) < 4.78 is 5.38. The maximum Gasteiger partial charge on any atom is 0.213 e. The summed E-state index contributed by atoms with van der Waals surface area (Å²) in [4.78, 5) is 10.1. The van der Waals surface area contributed by atoms with E-state index < -0.39 is 8.07 Å². The molecule has 0 bridgehead atoms. The van der Waals surface area contributed by atoms with Crippen LogP contribution >= 0.6 is 11.3 Å². The minimum Gasteiger partial charge on any atom is -0.318 e. The fraction of sp³-hybridized carbons (Fsp3) is 0.294. The van der Waals surface area contributed by atoms with Crippen LogP contribution in [0.2, 0.25) is 19.6 Å². The number of fused-ring (bicyclic) bond motifs is 14. The molecule has 6 heteroatoms. The van der Waals surface area contributed by atoms with Gasteiger partial charge in [0.2, 0.25) is 5.69 Å². The van der Waals surface area contributed by atoms with E-state index in [-0.39, 0.29) is 12.2 Å². The third kappa shape index (κ3) is 5.73. The molecule has 3 unspecified atom stereocenters.